The Morgan fingerprint density at radius 2 is 2.18 bits per heavy atom. The van der Waals surface area contributed by atoms with E-state index in [-0.39, 0.29) is 11.7 Å². The molecule has 0 saturated heterocycles. The Morgan fingerprint density at radius 1 is 1.35 bits per heavy atom. The molecule has 6 nitrogen and oxygen atoms in total. The van der Waals surface area contributed by atoms with E-state index < -0.39 is 5.97 Å². The molecule has 0 unspecified atom stereocenters. The first kappa shape index (κ1) is 9.98. The summed E-state index contributed by atoms with van der Waals surface area (Å²) in [4.78, 5) is 14.4. The monoisotopic (exact) mass is 231 g/mol. The highest BCUT2D eigenvalue weighted by atomic mass is 16.5. The maximum absolute atomic E-state index is 10.6. The van der Waals surface area contributed by atoms with Gasteiger partial charge in [-0.25, -0.2) is 4.79 Å². The number of rotatable bonds is 2. The van der Waals surface area contributed by atoms with Crippen LogP contribution in [-0.2, 0) is 13.1 Å². The van der Waals surface area contributed by atoms with Gasteiger partial charge >= 0.3 is 5.97 Å². The summed E-state index contributed by atoms with van der Waals surface area (Å²) >= 11 is 0. The van der Waals surface area contributed by atoms with Crippen LogP contribution in [0.15, 0.2) is 22.7 Å². The number of benzene rings is 1. The number of hydrogen-bond donors (Lipinski definition) is 2. The Kier molecular flexibility index (Phi) is 2.15. The highest BCUT2D eigenvalue weighted by Crippen LogP contribution is 2.23. The van der Waals surface area contributed by atoms with Crippen molar-refractivity contribution in [2.75, 3.05) is 0 Å². The van der Waals surface area contributed by atoms with Gasteiger partial charge in [0, 0.05) is 18.7 Å². The second kappa shape index (κ2) is 3.67. The summed E-state index contributed by atoms with van der Waals surface area (Å²) in [6.07, 6.45) is 0. The number of carbonyl (C=O) groups is 1. The van der Waals surface area contributed by atoms with Crippen molar-refractivity contribution in [3.8, 4) is 11.5 Å². The van der Waals surface area contributed by atoms with E-state index in [9.17, 15) is 4.79 Å². The van der Waals surface area contributed by atoms with Crippen molar-refractivity contribution in [2.45, 2.75) is 13.1 Å². The van der Waals surface area contributed by atoms with Gasteiger partial charge < -0.3 is 14.9 Å². The predicted molar refractivity (Wildman–Crippen MR) is 57.2 cm³/mol. The van der Waals surface area contributed by atoms with Crippen LogP contribution in [0.2, 0.25) is 0 Å². The third-order valence-corrected chi connectivity index (χ3v) is 2.70. The summed E-state index contributed by atoms with van der Waals surface area (Å²) in [6.45, 7) is 1.67. The van der Waals surface area contributed by atoms with Gasteiger partial charge in [-0.3, -0.25) is 0 Å². The average molecular weight is 231 g/mol. The average Bonchev–Trinajstić information content (AvgIpc) is 2.97. The molecule has 0 spiro atoms. The topological polar surface area (TPSA) is 88.2 Å². The molecule has 0 atom stereocenters. The van der Waals surface area contributed by atoms with Crippen molar-refractivity contribution in [3.63, 3.8) is 0 Å². The van der Waals surface area contributed by atoms with E-state index in [1.165, 1.54) is 11.1 Å². The van der Waals surface area contributed by atoms with Crippen molar-refractivity contribution >= 4 is 5.97 Å². The van der Waals surface area contributed by atoms with Crippen LogP contribution < -0.4 is 5.32 Å². The van der Waals surface area contributed by atoms with Crippen molar-refractivity contribution in [2.24, 2.45) is 0 Å². The fraction of sp³-hybridized carbons (Fsp3) is 0.182. The SMILES string of the molecule is O=C(O)c1noc(-c2ccc3c(c2)CNC3)n1. The molecule has 0 aliphatic carbocycles. The van der Waals surface area contributed by atoms with Gasteiger partial charge in [0.1, 0.15) is 0 Å². The molecule has 17 heavy (non-hydrogen) atoms. The molecular weight excluding hydrogens is 222 g/mol. The molecule has 6 heteroatoms. The number of carboxylic acid groups (broad SMARTS) is 1. The summed E-state index contributed by atoms with van der Waals surface area (Å²) < 4.78 is 4.91. The largest absolute Gasteiger partial charge is 0.475 e. The maximum atomic E-state index is 10.6. The molecule has 0 fully saturated rings. The summed E-state index contributed by atoms with van der Waals surface area (Å²) in [5.41, 5.74) is 3.16. The van der Waals surface area contributed by atoms with Crippen molar-refractivity contribution in [1.29, 1.82) is 0 Å². The molecule has 1 aromatic heterocycles. The molecule has 2 aromatic rings. The summed E-state index contributed by atoms with van der Waals surface area (Å²) in [5, 5.41) is 15.3. The Balaban J connectivity index is 2.00. The van der Waals surface area contributed by atoms with E-state index in [0.717, 1.165) is 18.7 Å². The lowest BCUT2D eigenvalue weighted by Crippen LogP contribution is -1.99. The molecule has 0 saturated carbocycles. The van der Waals surface area contributed by atoms with Crippen LogP contribution in [0, 0.1) is 0 Å². The van der Waals surface area contributed by atoms with E-state index in [1.807, 2.05) is 18.2 Å². The number of nitrogens with one attached hydrogen (secondary N) is 1. The van der Waals surface area contributed by atoms with Crippen LogP contribution in [0.1, 0.15) is 21.7 Å². The van der Waals surface area contributed by atoms with Crippen LogP contribution in [0.25, 0.3) is 11.5 Å². The molecule has 2 N–H and O–H groups in total. The van der Waals surface area contributed by atoms with Crippen LogP contribution in [0.3, 0.4) is 0 Å². The van der Waals surface area contributed by atoms with Gasteiger partial charge in [-0.1, -0.05) is 6.07 Å². The second-order valence-electron chi connectivity index (χ2n) is 3.82. The molecule has 0 bridgehead atoms. The highest BCUT2D eigenvalue weighted by molar-refractivity contribution is 5.83. The molecular formula is C11H9N3O3. The van der Waals surface area contributed by atoms with E-state index in [1.54, 1.807) is 0 Å². The molecule has 2 heterocycles. The maximum Gasteiger partial charge on any atom is 0.377 e. The van der Waals surface area contributed by atoms with Gasteiger partial charge in [-0.2, -0.15) is 4.98 Å². The zero-order valence-electron chi connectivity index (χ0n) is 8.80. The van der Waals surface area contributed by atoms with Crippen molar-refractivity contribution in [3.05, 3.63) is 35.2 Å². The third kappa shape index (κ3) is 1.68. The van der Waals surface area contributed by atoms with E-state index >= 15 is 0 Å². The first-order chi connectivity index (χ1) is 8.24. The lowest BCUT2D eigenvalue weighted by Gasteiger charge is -1.99. The molecule has 86 valence electrons. The van der Waals surface area contributed by atoms with E-state index in [4.69, 9.17) is 9.63 Å². The van der Waals surface area contributed by atoms with Gasteiger partial charge in [-0.05, 0) is 28.4 Å². The van der Waals surface area contributed by atoms with Crippen molar-refractivity contribution < 1.29 is 14.4 Å². The molecule has 1 aliphatic heterocycles. The molecule has 1 aliphatic rings. The number of nitrogens with zero attached hydrogens (tertiary/aromatic N) is 2. The number of fused-ring (bicyclic) bond motifs is 1. The van der Waals surface area contributed by atoms with Crippen LogP contribution in [-0.4, -0.2) is 21.2 Å². The minimum absolute atomic E-state index is 0.233. The fourth-order valence-corrected chi connectivity index (χ4v) is 1.86. The van der Waals surface area contributed by atoms with Gasteiger partial charge in [-0.15, -0.1) is 0 Å². The quantitative estimate of drug-likeness (QED) is 0.802. The lowest BCUT2D eigenvalue weighted by molar-refractivity contribution is 0.0680. The smallest absolute Gasteiger partial charge is 0.377 e. The number of hydrogen-bond acceptors (Lipinski definition) is 5. The molecule has 0 radical (unpaired) electrons. The molecule has 1 aromatic carbocycles. The van der Waals surface area contributed by atoms with Gasteiger partial charge in [0.05, 0.1) is 0 Å². The second-order valence-corrected chi connectivity index (χ2v) is 3.82. The van der Waals surface area contributed by atoms with E-state index in [2.05, 4.69) is 15.5 Å². The Labute approximate surface area is 96.3 Å². The summed E-state index contributed by atoms with van der Waals surface area (Å²) in [6, 6.07) is 5.77. The first-order valence-corrected chi connectivity index (χ1v) is 5.14. The third-order valence-electron chi connectivity index (χ3n) is 2.70. The standard InChI is InChI=1S/C11H9N3O3/c15-11(16)9-13-10(17-14-9)6-1-2-7-4-12-5-8(7)3-6/h1-3,12H,4-5H2,(H,15,16). The van der Waals surface area contributed by atoms with Crippen molar-refractivity contribution in [1.82, 2.24) is 15.5 Å². The number of aromatic carboxylic acids is 1. The number of carboxylic acids is 1. The normalized spacial score (nSPS) is 13.6. The zero-order chi connectivity index (χ0) is 11.8. The van der Waals surface area contributed by atoms with Crippen LogP contribution in [0.5, 0.6) is 0 Å². The molecule has 3 rings (SSSR count). The van der Waals surface area contributed by atoms with Gasteiger partial charge in [0.15, 0.2) is 0 Å². The Hall–Kier alpha value is -2.21. The molecule has 0 amide bonds. The Bertz CT molecular complexity index is 591. The van der Waals surface area contributed by atoms with Crippen LogP contribution in [0.4, 0.5) is 0 Å². The summed E-state index contributed by atoms with van der Waals surface area (Å²) in [7, 11) is 0. The number of aromatic nitrogens is 2. The first-order valence-electron chi connectivity index (χ1n) is 5.14. The predicted octanol–water partition coefficient (Wildman–Crippen LogP) is 1.04. The lowest BCUT2D eigenvalue weighted by atomic mass is 10.1. The van der Waals surface area contributed by atoms with Gasteiger partial charge in [0.25, 0.3) is 11.7 Å². The zero-order valence-corrected chi connectivity index (χ0v) is 8.80. The van der Waals surface area contributed by atoms with Gasteiger partial charge in [0.2, 0.25) is 0 Å². The highest BCUT2D eigenvalue weighted by Gasteiger charge is 2.16. The minimum atomic E-state index is -1.19. The minimum Gasteiger partial charge on any atom is -0.475 e. The van der Waals surface area contributed by atoms with Crippen LogP contribution >= 0.6 is 0 Å². The fourth-order valence-electron chi connectivity index (χ4n) is 1.86. The Morgan fingerprint density at radius 3 is 2.94 bits per heavy atom. The summed E-state index contributed by atoms with van der Waals surface area (Å²) in [5.74, 6) is -1.28. The van der Waals surface area contributed by atoms with E-state index in [0.29, 0.717) is 0 Å².